The van der Waals surface area contributed by atoms with Crippen molar-refractivity contribution in [3.05, 3.63) is 59.1 Å². The Kier molecular flexibility index (Phi) is 4.17. The van der Waals surface area contributed by atoms with Gasteiger partial charge in [-0.3, -0.25) is 14.9 Å². The van der Waals surface area contributed by atoms with Crippen LogP contribution in [0.2, 0.25) is 0 Å². The highest BCUT2D eigenvalue weighted by atomic mass is 32.1. The van der Waals surface area contributed by atoms with Gasteiger partial charge in [0, 0.05) is 6.07 Å². The summed E-state index contributed by atoms with van der Waals surface area (Å²) in [5.41, 5.74) is -0.778. The largest absolute Gasteiger partial charge is 0.448 e. The van der Waals surface area contributed by atoms with Crippen LogP contribution in [0.25, 0.3) is 6.08 Å². The van der Waals surface area contributed by atoms with Crippen molar-refractivity contribution in [1.29, 1.82) is 0 Å². The number of rotatable bonds is 2. The number of nitrogens with zero attached hydrogens (tertiary/aromatic N) is 1. The molecule has 0 radical (unpaired) electrons. The SMILES string of the molecule is C#Cc1ccc(/C=C2\C(=O)NC(=S)N(c3cc(F)ccc3F)C2=O)o1. The highest BCUT2D eigenvalue weighted by Gasteiger charge is 2.36. The third-order valence-electron chi connectivity index (χ3n) is 3.31. The van der Waals surface area contributed by atoms with Crippen LogP contribution in [0, 0.1) is 24.0 Å². The Labute approximate surface area is 145 Å². The van der Waals surface area contributed by atoms with E-state index in [0.29, 0.717) is 4.90 Å². The van der Waals surface area contributed by atoms with Crippen LogP contribution in [0.4, 0.5) is 14.5 Å². The van der Waals surface area contributed by atoms with Crippen molar-refractivity contribution >= 4 is 40.9 Å². The molecule has 0 bridgehead atoms. The van der Waals surface area contributed by atoms with Crippen LogP contribution in [0.1, 0.15) is 11.5 Å². The Bertz CT molecular complexity index is 988. The minimum absolute atomic E-state index is 0.152. The molecule has 1 aromatic carbocycles. The molecule has 25 heavy (non-hydrogen) atoms. The zero-order chi connectivity index (χ0) is 18.1. The van der Waals surface area contributed by atoms with Gasteiger partial charge in [0.2, 0.25) is 0 Å². The lowest BCUT2D eigenvalue weighted by atomic mass is 10.1. The van der Waals surface area contributed by atoms with Gasteiger partial charge < -0.3 is 4.42 Å². The van der Waals surface area contributed by atoms with Gasteiger partial charge in [0.05, 0.1) is 5.69 Å². The normalized spacial score (nSPS) is 16.1. The Morgan fingerprint density at radius 3 is 2.68 bits per heavy atom. The van der Waals surface area contributed by atoms with Crippen molar-refractivity contribution < 1.29 is 22.8 Å². The molecular weight excluding hydrogens is 350 g/mol. The van der Waals surface area contributed by atoms with Crippen molar-refractivity contribution in [2.24, 2.45) is 0 Å². The number of halogens is 2. The number of anilines is 1. The third kappa shape index (κ3) is 3.05. The fraction of sp³-hybridized carbons (Fsp3) is 0. The van der Waals surface area contributed by atoms with Crippen LogP contribution in [0.15, 0.2) is 40.3 Å². The molecule has 0 unspecified atom stereocenters. The lowest BCUT2D eigenvalue weighted by molar-refractivity contribution is -0.122. The van der Waals surface area contributed by atoms with Crippen molar-refractivity contribution in [1.82, 2.24) is 5.32 Å². The minimum Gasteiger partial charge on any atom is -0.448 e. The fourth-order valence-corrected chi connectivity index (χ4v) is 2.46. The Morgan fingerprint density at radius 2 is 2.00 bits per heavy atom. The molecule has 3 rings (SSSR count). The Balaban J connectivity index is 2.05. The van der Waals surface area contributed by atoms with E-state index in [1.165, 1.54) is 12.1 Å². The van der Waals surface area contributed by atoms with E-state index in [-0.39, 0.29) is 22.2 Å². The second kappa shape index (κ2) is 6.30. The number of hydrogen-bond acceptors (Lipinski definition) is 4. The van der Waals surface area contributed by atoms with Gasteiger partial charge in [0.1, 0.15) is 23.0 Å². The average molecular weight is 358 g/mol. The van der Waals surface area contributed by atoms with Crippen molar-refractivity contribution in [3.63, 3.8) is 0 Å². The summed E-state index contributed by atoms with van der Waals surface area (Å²) in [4.78, 5) is 25.4. The maximum atomic E-state index is 14.0. The number of hydrogen-bond donors (Lipinski definition) is 1. The molecule has 124 valence electrons. The molecule has 1 aromatic heterocycles. The summed E-state index contributed by atoms with van der Waals surface area (Å²) in [6, 6.07) is 5.49. The molecule has 1 aliphatic heterocycles. The summed E-state index contributed by atoms with van der Waals surface area (Å²) in [6.45, 7) is 0. The summed E-state index contributed by atoms with van der Waals surface area (Å²) >= 11 is 4.91. The molecule has 0 spiro atoms. The monoisotopic (exact) mass is 358 g/mol. The molecular formula is C17H8F2N2O3S. The zero-order valence-corrected chi connectivity index (χ0v) is 13.2. The van der Waals surface area contributed by atoms with Gasteiger partial charge in [0.15, 0.2) is 10.9 Å². The smallest absolute Gasteiger partial charge is 0.270 e. The van der Waals surface area contributed by atoms with E-state index in [1.54, 1.807) is 0 Å². The number of carbonyl (C=O) groups is 2. The number of carbonyl (C=O) groups excluding carboxylic acids is 2. The molecule has 1 aliphatic rings. The Hall–Kier alpha value is -3.31. The first-order chi connectivity index (χ1) is 11.9. The van der Waals surface area contributed by atoms with Crippen LogP contribution >= 0.6 is 12.2 Å². The standard InChI is InChI=1S/C17H8F2N2O3S/c1-2-10-4-5-11(24-10)8-12-15(22)20-17(25)21(16(12)23)14-7-9(18)3-6-13(14)19/h1,3-8H,(H,20,22,25)/b12-8+. The van der Waals surface area contributed by atoms with Crippen molar-refractivity contribution in [2.75, 3.05) is 4.90 Å². The molecule has 1 saturated heterocycles. The van der Waals surface area contributed by atoms with Gasteiger partial charge in [-0.05, 0) is 48.5 Å². The molecule has 1 N–H and O–H groups in total. The molecule has 0 aliphatic carbocycles. The molecule has 5 nitrogen and oxygen atoms in total. The van der Waals surface area contributed by atoms with E-state index < -0.39 is 29.1 Å². The van der Waals surface area contributed by atoms with Gasteiger partial charge in [0.25, 0.3) is 11.8 Å². The van der Waals surface area contributed by atoms with Crippen LogP contribution < -0.4 is 10.2 Å². The first-order valence-electron chi connectivity index (χ1n) is 6.83. The summed E-state index contributed by atoms with van der Waals surface area (Å²) < 4.78 is 32.7. The lowest BCUT2D eigenvalue weighted by Gasteiger charge is -2.29. The highest BCUT2D eigenvalue weighted by molar-refractivity contribution is 7.80. The zero-order valence-electron chi connectivity index (χ0n) is 12.4. The topological polar surface area (TPSA) is 62.6 Å². The van der Waals surface area contributed by atoms with Gasteiger partial charge >= 0.3 is 0 Å². The van der Waals surface area contributed by atoms with E-state index in [1.807, 2.05) is 0 Å². The molecule has 2 amide bonds. The third-order valence-corrected chi connectivity index (χ3v) is 3.59. The number of amides is 2. The first-order valence-corrected chi connectivity index (χ1v) is 7.24. The number of benzene rings is 1. The van der Waals surface area contributed by atoms with Gasteiger partial charge in [-0.1, -0.05) is 0 Å². The van der Waals surface area contributed by atoms with E-state index in [0.717, 1.165) is 24.3 Å². The Morgan fingerprint density at radius 1 is 1.24 bits per heavy atom. The maximum Gasteiger partial charge on any atom is 0.270 e. The number of furan rings is 1. The maximum absolute atomic E-state index is 14.0. The average Bonchev–Trinajstić information content (AvgIpc) is 3.02. The second-order valence-electron chi connectivity index (χ2n) is 4.90. The summed E-state index contributed by atoms with van der Waals surface area (Å²) in [5, 5.41) is 1.89. The summed E-state index contributed by atoms with van der Waals surface area (Å²) in [5.74, 6) is -0.731. The van der Waals surface area contributed by atoms with E-state index in [4.69, 9.17) is 23.1 Å². The van der Waals surface area contributed by atoms with Gasteiger partial charge in [-0.2, -0.15) is 0 Å². The van der Waals surface area contributed by atoms with Crippen LogP contribution in [-0.2, 0) is 9.59 Å². The van der Waals surface area contributed by atoms with E-state index in [2.05, 4.69) is 11.2 Å². The van der Waals surface area contributed by atoms with E-state index in [9.17, 15) is 18.4 Å². The molecule has 0 atom stereocenters. The van der Waals surface area contributed by atoms with Crippen LogP contribution in [-0.4, -0.2) is 16.9 Å². The van der Waals surface area contributed by atoms with E-state index >= 15 is 0 Å². The molecule has 0 saturated carbocycles. The predicted molar refractivity (Wildman–Crippen MR) is 89.2 cm³/mol. The predicted octanol–water partition coefficient (Wildman–Crippen LogP) is 2.37. The lowest BCUT2D eigenvalue weighted by Crippen LogP contribution is -2.54. The van der Waals surface area contributed by atoms with Crippen LogP contribution in [0.5, 0.6) is 0 Å². The number of thiocarbonyl (C=S) groups is 1. The second-order valence-corrected chi connectivity index (χ2v) is 5.29. The minimum atomic E-state index is -0.920. The van der Waals surface area contributed by atoms with Crippen molar-refractivity contribution in [2.45, 2.75) is 0 Å². The molecule has 1 fully saturated rings. The molecule has 2 aromatic rings. The number of terminal acetylenes is 1. The van der Waals surface area contributed by atoms with Gasteiger partial charge in [-0.25, -0.2) is 13.7 Å². The fourth-order valence-electron chi connectivity index (χ4n) is 2.18. The van der Waals surface area contributed by atoms with Gasteiger partial charge in [-0.15, -0.1) is 6.42 Å². The summed E-state index contributed by atoms with van der Waals surface area (Å²) in [6.07, 6.45) is 6.33. The highest BCUT2D eigenvalue weighted by Crippen LogP contribution is 2.25. The summed E-state index contributed by atoms with van der Waals surface area (Å²) in [7, 11) is 0. The first kappa shape index (κ1) is 16.5. The van der Waals surface area contributed by atoms with Crippen molar-refractivity contribution in [3.8, 4) is 12.3 Å². The molecule has 2 heterocycles. The molecule has 8 heteroatoms. The van der Waals surface area contributed by atoms with Crippen LogP contribution in [0.3, 0.4) is 0 Å². The number of nitrogens with one attached hydrogen (secondary N) is 1. The quantitative estimate of drug-likeness (QED) is 0.388.